The lowest BCUT2D eigenvalue weighted by Crippen LogP contribution is -2.09. The molecule has 8 nitrogen and oxygen atoms in total. The van der Waals surface area contributed by atoms with Gasteiger partial charge in [0.2, 0.25) is 11.7 Å². The van der Waals surface area contributed by atoms with Gasteiger partial charge in [0.15, 0.2) is 23.0 Å². The van der Waals surface area contributed by atoms with E-state index in [1.54, 1.807) is 51.7 Å². The number of hydrogen-bond donors (Lipinski definition) is 2. The third kappa shape index (κ3) is 6.29. The molecule has 3 rings (SSSR count). The molecule has 0 spiro atoms. The lowest BCUT2D eigenvalue weighted by Gasteiger charge is -2.13. The third-order valence-corrected chi connectivity index (χ3v) is 5.25. The molecule has 0 heterocycles. The van der Waals surface area contributed by atoms with Crippen LogP contribution < -0.4 is 29.0 Å². The molecule has 0 saturated carbocycles. The van der Waals surface area contributed by atoms with E-state index in [1.165, 1.54) is 26.4 Å². The molecular weight excluding hydrogens is 462 g/mol. The van der Waals surface area contributed by atoms with E-state index in [1.807, 2.05) is 30.3 Å². The van der Waals surface area contributed by atoms with Crippen LogP contribution in [0.3, 0.4) is 0 Å². The molecule has 0 fully saturated rings. The van der Waals surface area contributed by atoms with Crippen LogP contribution in [-0.2, 0) is 4.79 Å². The molecule has 0 bridgehead atoms. The van der Waals surface area contributed by atoms with Gasteiger partial charge in [0.05, 0.1) is 41.2 Å². The average molecular weight is 492 g/mol. The zero-order chi connectivity index (χ0) is 26.1. The number of anilines is 1. The highest BCUT2D eigenvalue weighted by molar-refractivity contribution is 6.03. The second-order valence-electron chi connectivity index (χ2n) is 7.51. The van der Waals surface area contributed by atoms with Gasteiger partial charge in [-0.3, -0.25) is 4.79 Å². The van der Waals surface area contributed by atoms with Gasteiger partial charge in [-0.1, -0.05) is 24.3 Å². The molecule has 36 heavy (non-hydrogen) atoms. The number of carbonyl (C=O) groups excluding carboxylic acids is 1. The number of hydrogen-bond acceptors (Lipinski definition) is 7. The maximum Gasteiger partial charge on any atom is 0.248 e. The Labute approximate surface area is 210 Å². The quantitative estimate of drug-likeness (QED) is 0.295. The first-order valence-electron chi connectivity index (χ1n) is 10.9. The second kappa shape index (κ2) is 12.2. The van der Waals surface area contributed by atoms with Crippen LogP contribution in [0.25, 0.3) is 18.2 Å². The highest BCUT2D eigenvalue weighted by Crippen LogP contribution is 2.39. The summed E-state index contributed by atoms with van der Waals surface area (Å²) in [5.41, 5.74) is 2.58. The number of amides is 1. The summed E-state index contributed by atoms with van der Waals surface area (Å²) in [5, 5.41) is 13.2. The predicted octanol–water partition coefficient (Wildman–Crippen LogP) is 5.26. The van der Waals surface area contributed by atoms with E-state index in [-0.39, 0.29) is 17.4 Å². The van der Waals surface area contributed by atoms with Crippen molar-refractivity contribution in [1.29, 1.82) is 0 Å². The van der Waals surface area contributed by atoms with Crippen molar-refractivity contribution in [1.82, 2.24) is 0 Å². The molecule has 0 atom stereocenters. The van der Waals surface area contributed by atoms with Crippen LogP contribution in [0.1, 0.15) is 16.7 Å². The molecular formula is C28H29NO7. The van der Waals surface area contributed by atoms with Crippen LogP contribution in [0.5, 0.6) is 34.5 Å². The Morgan fingerprint density at radius 1 is 0.694 bits per heavy atom. The summed E-state index contributed by atoms with van der Waals surface area (Å²) < 4.78 is 26.6. The Hall–Kier alpha value is -4.59. The van der Waals surface area contributed by atoms with E-state index in [0.29, 0.717) is 28.5 Å². The molecule has 188 valence electrons. The molecule has 0 aliphatic carbocycles. The van der Waals surface area contributed by atoms with Crippen LogP contribution in [0.4, 0.5) is 5.69 Å². The number of phenols is 1. The number of phenolic OH excluding ortho intramolecular Hbond substituents is 1. The van der Waals surface area contributed by atoms with E-state index in [9.17, 15) is 9.90 Å². The van der Waals surface area contributed by atoms with Gasteiger partial charge in [0.25, 0.3) is 0 Å². The Kier molecular flexibility index (Phi) is 8.83. The molecule has 3 aromatic carbocycles. The molecule has 1 amide bonds. The Morgan fingerprint density at radius 2 is 1.28 bits per heavy atom. The Morgan fingerprint density at radius 3 is 1.81 bits per heavy atom. The van der Waals surface area contributed by atoms with Gasteiger partial charge >= 0.3 is 0 Å². The molecule has 0 unspecified atom stereocenters. The number of benzene rings is 3. The van der Waals surface area contributed by atoms with Gasteiger partial charge in [-0.25, -0.2) is 0 Å². The van der Waals surface area contributed by atoms with Crippen molar-refractivity contribution in [2.75, 3.05) is 40.9 Å². The fourth-order valence-corrected chi connectivity index (χ4v) is 3.49. The minimum atomic E-state index is -0.380. The SMILES string of the molecule is COc1ccc(/C=C/C(=O)Nc2cc(/C=C/c3cc(OC)c(OC)c(OC)c3)cc(O)c2OC)cc1. The maximum absolute atomic E-state index is 12.6. The van der Waals surface area contributed by atoms with Crippen molar-refractivity contribution in [3.8, 4) is 34.5 Å². The summed E-state index contributed by atoms with van der Waals surface area (Å²) in [6.45, 7) is 0. The number of carbonyl (C=O) groups is 1. The Bertz CT molecular complexity index is 1240. The van der Waals surface area contributed by atoms with Crippen LogP contribution in [-0.4, -0.2) is 46.6 Å². The van der Waals surface area contributed by atoms with E-state index in [4.69, 9.17) is 23.7 Å². The van der Waals surface area contributed by atoms with Crippen molar-refractivity contribution in [2.24, 2.45) is 0 Å². The lowest BCUT2D eigenvalue weighted by molar-refractivity contribution is -0.111. The Balaban J connectivity index is 1.84. The van der Waals surface area contributed by atoms with Gasteiger partial charge in [-0.05, 0) is 59.2 Å². The van der Waals surface area contributed by atoms with Crippen LogP contribution in [0.2, 0.25) is 0 Å². The van der Waals surface area contributed by atoms with Gasteiger partial charge < -0.3 is 34.1 Å². The molecule has 2 N–H and O–H groups in total. The van der Waals surface area contributed by atoms with Crippen LogP contribution in [0, 0.1) is 0 Å². The van der Waals surface area contributed by atoms with Crippen LogP contribution >= 0.6 is 0 Å². The van der Waals surface area contributed by atoms with Gasteiger partial charge in [-0.15, -0.1) is 0 Å². The first-order chi connectivity index (χ1) is 17.4. The van der Waals surface area contributed by atoms with Crippen molar-refractivity contribution in [3.63, 3.8) is 0 Å². The zero-order valence-electron chi connectivity index (χ0n) is 20.8. The number of aromatic hydroxyl groups is 1. The highest BCUT2D eigenvalue weighted by Gasteiger charge is 2.14. The number of methoxy groups -OCH3 is 5. The molecule has 0 saturated heterocycles. The van der Waals surface area contributed by atoms with Crippen molar-refractivity contribution < 1.29 is 33.6 Å². The van der Waals surface area contributed by atoms with Crippen molar-refractivity contribution >= 4 is 29.8 Å². The van der Waals surface area contributed by atoms with Gasteiger partial charge in [-0.2, -0.15) is 0 Å². The maximum atomic E-state index is 12.6. The predicted molar refractivity (Wildman–Crippen MR) is 140 cm³/mol. The molecule has 0 aliphatic rings. The van der Waals surface area contributed by atoms with E-state index >= 15 is 0 Å². The topological polar surface area (TPSA) is 95.5 Å². The minimum absolute atomic E-state index is 0.112. The molecule has 8 heteroatoms. The van der Waals surface area contributed by atoms with Crippen LogP contribution in [0.15, 0.2) is 54.6 Å². The fourth-order valence-electron chi connectivity index (χ4n) is 3.49. The molecule has 0 aromatic heterocycles. The molecule has 0 radical (unpaired) electrons. The summed E-state index contributed by atoms with van der Waals surface area (Å²) in [6, 6.07) is 14.1. The largest absolute Gasteiger partial charge is 0.504 e. The summed E-state index contributed by atoms with van der Waals surface area (Å²) >= 11 is 0. The number of rotatable bonds is 10. The van der Waals surface area contributed by atoms with E-state index in [0.717, 1.165) is 16.9 Å². The lowest BCUT2D eigenvalue weighted by atomic mass is 10.1. The van der Waals surface area contributed by atoms with Crippen molar-refractivity contribution in [2.45, 2.75) is 0 Å². The highest BCUT2D eigenvalue weighted by atomic mass is 16.5. The summed E-state index contributed by atoms with van der Waals surface area (Å²) in [6.07, 6.45) is 6.68. The third-order valence-electron chi connectivity index (χ3n) is 5.25. The van der Waals surface area contributed by atoms with Gasteiger partial charge in [0.1, 0.15) is 5.75 Å². The van der Waals surface area contributed by atoms with Gasteiger partial charge in [0, 0.05) is 6.08 Å². The number of nitrogens with one attached hydrogen (secondary N) is 1. The number of ether oxygens (including phenoxy) is 5. The fraction of sp³-hybridized carbons (Fsp3) is 0.179. The van der Waals surface area contributed by atoms with E-state index in [2.05, 4.69) is 5.32 Å². The summed E-state index contributed by atoms with van der Waals surface area (Å²) in [4.78, 5) is 12.6. The minimum Gasteiger partial charge on any atom is -0.504 e. The average Bonchev–Trinajstić information content (AvgIpc) is 2.90. The monoisotopic (exact) mass is 491 g/mol. The summed E-state index contributed by atoms with van der Waals surface area (Å²) in [5.74, 6) is 1.93. The molecule has 3 aromatic rings. The second-order valence-corrected chi connectivity index (χ2v) is 7.51. The zero-order valence-corrected chi connectivity index (χ0v) is 20.8. The normalized spacial score (nSPS) is 10.9. The molecule has 0 aliphatic heterocycles. The first-order valence-corrected chi connectivity index (χ1v) is 10.9. The smallest absolute Gasteiger partial charge is 0.248 e. The standard InChI is InChI=1S/C28H29NO7/c1-32-21-11-8-18(9-12-21)10-13-26(31)29-22-14-19(15-23(30)27(22)35-4)6-7-20-16-24(33-2)28(36-5)25(17-20)34-3/h6-17,30H,1-5H3,(H,29,31)/b7-6+,13-10+. The summed E-state index contributed by atoms with van der Waals surface area (Å²) in [7, 11) is 7.64. The van der Waals surface area contributed by atoms with E-state index < -0.39 is 0 Å². The van der Waals surface area contributed by atoms with Crippen molar-refractivity contribution in [3.05, 3.63) is 71.3 Å². The first kappa shape index (κ1) is 26.0.